The zero-order valence-electron chi connectivity index (χ0n) is 12.9. The van der Waals surface area contributed by atoms with Gasteiger partial charge in [-0.2, -0.15) is 23.4 Å². The number of hydrogen-bond donors (Lipinski definition) is 0. The standard InChI is InChI=1S/C16H9ClF3N5O/c17-10-2-1-3-21-14(10)11-4-12-8(5-22-11)13-9(6-23-24-13)15(26)25(12)7-16(18,19)20/h1-6,9H,7H2. The average molecular weight is 380 g/mol. The van der Waals surface area contributed by atoms with Crippen LogP contribution in [-0.2, 0) is 4.79 Å². The fourth-order valence-corrected chi connectivity index (χ4v) is 3.11. The molecule has 0 radical (unpaired) electrons. The molecule has 2 aromatic heterocycles. The lowest BCUT2D eigenvalue weighted by Crippen LogP contribution is -2.48. The first-order chi connectivity index (χ1) is 12.3. The summed E-state index contributed by atoms with van der Waals surface area (Å²) in [5.41, 5.74) is 1.23. The molecule has 4 heterocycles. The van der Waals surface area contributed by atoms with E-state index in [2.05, 4.69) is 20.2 Å². The number of aromatic nitrogens is 2. The van der Waals surface area contributed by atoms with E-state index in [1.807, 2.05) is 0 Å². The minimum Gasteiger partial charge on any atom is -0.302 e. The summed E-state index contributed by atoms with van der Waals surface area (Å²) in [7, 11) is 0. The van der Waals surface area contributed by atoms with E-state index in [-0.39, 0.29) is 17.1 Å². The second-order valence-electron chi connectivity index (χ2n) is 5.69. The van der Waals surface area contributed by atoms with Crippen LogP contribution in [0.15, 0.2) is 40.8 Å². The predicted octanol–water partition coefficient (Wildman–Crippen LogP) is 3.11. The van der Waals surface area contributed by atoms with Gasteiger partial charge in [-0.25, -0.2) is 0 Å². The summed E-state index contributed by atoms with van der Waals surface area (Å²) in [4.78, 5) is 21.6. The summed E-state index contributed by atoms with van der Waals surface area (Å²) in [5, 5.41) is 7.85. The molecule has 0 saturated heterocycles. The number of pyridine rings is 2. The van der Waals surface area contributed by atoms with Crippen molar-refractivity contribution < 1.29 is 18.0 Å². The largest absolute Gasteiger partial charge is 0.406 e. The Bertz CT molecular complexity index is 973. The summed E-state index contributed by atoms with van der Waals surface area (Å²) in [6, 6.07) is 4.58. The molecule has 0 bridgehead atoms. The number of fused-ring (bicyclic) bond motifs is 3. The highest BCUT2D eigenvalue weighted by atomic mass is 35.5. The number of anilines is 1. The lowest BCUT2D eigenvalue weighted by Gasteiger charge is -2.32. The van der Waals surface area contributed by atoms with Gasteiger partial charge >= 0.3 is 6.18 Å². The Morgan fingerprint density at radius 2 is 2.08 bits per heavy atom. The molecule has 0 saturated carbocycles. The zero-order valence-corrected chi connectivity index (χ0v) is 13.7. The molecular weight excluding hydrogens is 371 g/mol. The van der Waals surface area contributed by atoms with E-state index in [0.717, 1.165) is 0 Å². The molecule has 26 heavy (non-hydrogen) atoms. The van der Waals surface area contributed by atoms with Crippen LogP contribution in [-0.4, -0.2) is 40.5 Å². The Hall–Kier alpha value is -2.81. The SMILES string of the molecule is O=C1C2C=NN=C2c2cnc(-c3ncccc3Cl)cc2N1CC(F)(F)F. The molecule has 132 valence electrons. The second-order valence-corrected chi connectivity index (χ2v) is 6.09. The van der Waals surface area contributed by atoms with Gasteiger partial charge in [-0.05, 0) is 18.2 Å². The van der Waals surface area contributed by atoms with Gasteiger partial charge in [0.05, 0.1) is 22.1 Å². The maximum absolute atomic E-state index is 13.0. The highest BCUT2D eigenvalue weighted by Crippen LogP contribution is 2.37. The van der Waals surface area contributed by atoms with Crippen LogP contribution < -0.4 is 4.90 Å². The van der Waals surface area contributed by atoms with Gasteiger partial charge in [-0.1, -0.05) is 11.6 Å². The first-order valence-electron chi connectivity index (χ1n) is 7.45. The highest BCUT2D eigenvalue weighted by Gasteiger charge is 2.44. The van der Waals surface area contributed by atoms with E-state index in [1.54, 1.807) is 12.1 Å². The molecule has 0 aromatic carbocycles. The molecule has 1 atom stereocenters. The molecule has 0 aliphatic carbocycles. The van der Waals surface area contributed by atoms with Crippen LogP contribution in [0.3, 0.4) is 0 Å². The third-order valence-electron chi connectivity index (χ3n) is 4.00. The number of carbonyl (C=O) groups is 1. The third kappa shape index (κ3) is 2.74. The molecule has 10 heteroatoms. The molecule has 2 aliphatic heterocycles. The van der Waals surface area contributed by atoms with Crippen molar-refractivity contribution in [1.82, 2.24) is 9.97 Å². The summed E-state index contributed by atoms with van der Waals surface area (Å²) in [5.74, 6) is -1.67. The zero-order chi connectivity index (χ0) is 18.5. The van der Waals surface area contributed by atoms with Crippen molar-refractivity contribution in [2.24, 2.45) is 16.1 Å². The first kappa shape index (κ1) is 16.6. The number of alkyl halides is 3. The van der Waals surface area contributed by atoms with Crippen LogP contribution in [0.4, 0.5) is 18.9 Å². The lowest BCUT2D eigenvalue weighted by atomic mass is 9.91. The van der Waals surface area contributed by atoms with Crippen molar-refractivity contribution in [1.29, 1.82) is 0 Å². The Balaban J connectivity index is 1.88. The average Bonchev–Trinajstić information content (AvgIpc) is 3.08. The number of amides is 1. The summed E-state index contributed by atoms with van der Waals surface area (Å²) in [6.45, 7) is -1.42. The molecule has 1 amide bonds. The predicted molar refractivity (Wildman–Crippen MR) is 89.4 cm³/mol. The van der Waals surface area contributed by atoms with Crippen LogP contribution in [0, 0.1) is 5.92 Å². The quantitative estimate of drug-likeness (QED) is 0.805. The first-order valence-corrected chi connectivity index (χ1v) is 7.83. The van der Waals surface area contributed by atoms with Crippen molar-refractivity contribution >= 4 is 35.1 Å². The number of carbonyl (C=O) groups excluding carboxylic acids is 1. The molecule has 4 rings (SSSR count). The fourth-order valence-electron chi connectivity index (χ4n) is 2.90. The van der Waals surface area contributed by atoms with E-state index >= 15 is 0 Å². The van der Waals surface area contributed by atoms with Crippen LogP contribution in [0.5, 0.6) is 0 Å². The second kappa shape index (κ2) is 5.87. The van der Waals surface area contributed by atoms with Gasteiger partial charge in [0.1, 0.15) is 18.2 Å². The van der Waals surface area contributed by atoms with E-state index in [0.29, 0.717) is 21.2 Å². The van der Waals surface area contributed by atoms with E-state index in [9.17, 15) is 18.0 Å². The minimum absolute atomic E-state index is 0.0551. The van der Waals surface area contributed by atoms with Crippen LogP contribution in [0.25, 0.3) is 11.4 Å². The van der Waals surface area contributed by atoms with Gasteiger partial charge in [0, 0.05) is 24.2 Å². The smallest absolute Gasteiger partial charge is 0.302 e. The Morgan fingerprint density at radius 1 is 1.27 bits per heavy atom. The molecule has 0 N–H and O–H groups in total. The van der Waals surface area contributed by atoms with Crippen molar-refractivity contribution in [2.45, 2.75) is 6.18 Å². The van der Waals surface area contributed by atoms with Crippen molar-refractivity contribution in [3.05, 3.63) is 41.2 Å². The fraction of sp³-hybridized carbons (Fsp3) is 0.188. The Labute approximate surface area is 150 Å². The van der Waals surface area contributed by atoms with Crippen molar-refractivity contribution in [3.63, 3.8) is 0 Å². The highest BCUT2D eigenvalue weighted by molar-refractivity contribution is 6.33. The normalized spacial score (nSPS) is 18.6. The monoisotopic (exact) mass is 379 g/mol. The van der Waals surface area contributed by atoms with E-state index in [1.165, 1.54) is 24.7 Å². The molecule has 0 spiro atoms. The Kier molecular flexibility index (Phi) is 3.76. The lowest BCUT2D eigenvalue weighted by molar-refractivity contribution is -0.132. The van der Waals surface area contributed by atoms with Gasteiger partial charge in [0.2, 0.25) is 5.91 Å². The van der Waals surface area contributed by atoms with Crippen LogP contribution in [0.1, 0.15) is 5.56 Å². The van der Waals surface area contributed by atoms with Gasteiger partial charge in [-0.3, -0.25) is 14.8 Å². The Morgan fingerprint density at radius 3 is 2.81 bits per heavy atom. The summed E-state index contributed by atoms with van der Waals surface area (Å²) < 4.78 is 39.1. The third-order valence-corrected chi connectivity index (χ3v) is 4.30. The molecular formula is C16H9ClF3N5O. The van der Waals surface area contributed by atoms with Gasteiger partial charge in [0.15, 0.2) is 0 Å². The van der Waals surface area contributed by atoms with Crippen molar-refractivity contribution in [3.8, 4) is 11.4 Å². The number of rotatable bonds is 2. The van der Waals surface area contributed by atoms with E-state index in [4.69, 9.17) is 11.6 Å². The topological polar surface area (TPSA) is 70.8 Å². The molecule has 6 nitrogen and oxygen atoms in total. The summed E-state index contributed by atoms with van der Waals surface area (Å²) >= 11 is 6.10. The van der Waals surface area contributed by atoms with Gasteiger partial charge in [0.25, 0.3) is 0 Å². The molecule has 2 aromatic rings. The number of nitrogens with zero attached hydrogens (tertiary/aromatic N) is 5. The minimum atomic E-state index is -4.57. The van der Waals surface area contributed by atoms with Gasteiger partial charge in [-0.15, -0.1) is 0 Å². The molecule has 2 aliphatic rings. The van der Waals surface area contributed by atoms with Gasteiger partial charge < -0.3 is 4.90 Å². The van der Waals surface area contributed by atoms with Crippen molar-refractivity contribution in [2.75, 3.05) is 11.4 Å². The maximum Gasteiger partial charge on any atom is 0.406 e. The van der Waals surface area contributed by atoms with Crippen LogP contribution in [0.2, 0.25) is 5.02 Å². The van der Waals surface area contributed by atoms with Crippen LogP contribution >= 0.6 is 11.6 Å². The molecule has 1 unspecified atom stereocenters. The van der Waals surface area contributed by atoms with E-state index < -0.39 is 24.5 Å². The number of halogens is 4. The number of hydrogen-bond acceptors (Lipinski definition) is 5. The summed E-state index contributed by atoms with van der Waals surface area (Å²) in [6.07, 6.45) is -0.477. The molecule has 0 fully saturated rings. The maximum atomic E-state index is 13.0.